The summed E-state index contributed by atoms with van der Waals surface area (Å²) in [6.07, 6.45) is -19.1. The van der Waals surface area contributed by atoms with Gasteiger partial charge in [-0.1, -0.05) is 0 Å². The molecule has 1 rings (SSSR count). The van der Waals surface area contributed by atoms with Crippen LogP contribution in [0.4, 0.5) is 52.7 Å². The van der Waals surface area contributed by atoms with E-state index < -0.39 is 60.2 Å². The highest BCUT2D eigenvalue weighted by Crippen LogP contribution is 2.57. The second-order valence-electron chi connectivity index (χ2n) is 5.32. The third-order valence-electron chi connectivity index (χ3n) is 2.94. The first kappa shape index (κ1) is 23.5. The molecule has 0 amide bonds. The summed E-state index contributed by atoms with van der Waals surface area (Å²) in [6.45, 7) is -1.57. The monoisotopic (exact) mass is 430 g/mol. The van der Waals surface area contributed by atoms with Crippen molar-refractivity contribution in [2.45, 2.75) is 30.5 Å². The summed E-state index contributed by atoms with van der Waals surface area (Å²) >= 11 is 0. The van der Waals surface area contributed by atoms with Gasteiger partial charge in [-0.15, -0.1) is 0 Å². The van der Waals surface area contributed by atoms with E-state index in [0.717, 1.165) is 4.90 Å². The van der Waals surface area contributed by atoms with Crippen LogP contribution in [0.25, 0.3) is 0 Å². The van der Waals surface area contributed by atoms with Gasteiger partial charge >= 0.3 is 30.5 Å². The second-order valence-corrected chi connectivity index (χ2v) is 5.32. The van der Waals surface area contributed by atoms with E-state index in [9.17, 15) is 52.7 Å². The van der Waals surface area contributed by atoms with E-state index in [-0.39, 0.29) is 0 Å². The van der Waals surface area contributed by atoms with E-state index in [1.807, 2.05) is 4.74 Å². The minimum Gasteiger partial charge on any atom is -0.484 e. The zero-order chi connectivity index (χ0) is 21.6. The van der Waals surface area contributed by atoms with Crippen LogP contribution < -0.4 is 0 Å². The van der Waals surface area contributed by atoms with E-state index in [0.29, 0.717) is 0 Å². The van der Waals surface area contributed by atoms with Crippen molar-refractivity contribution >= 4 is 0 Å². The zero-order valence-corrected chi connectivity index (χ0v) is 13.2. The van der Waals surface area contributed by atoms with Gasteiger partial charge in [0.15, 0.2) is 0 Å². The number of alkyl halides is 11. The number of ether oxygens (including phenoxy) is 2. The highest BCUT2D eigenvalue weighted by molar-refractivity contribution is 5.13. The molecule has 0 radical (unpaired) electrons. The molecule has 0 bridgehead atoms. The SMILES string of the molecule is CN(C)CCO/C(=C(/F)N1C(F)(F)C(F)(F)OC(F)(F)C1(F)F)C(F)(F)F. The van der Waals surface area contributed by atoms with Crippen molar-refractivity contribution < 1.29 is 62.2 Å². The number of likely N-dealkylation sites (N-methyl/N-ethyl adjacent to an activating group) is 1. The number of morpholine rings is 1. The first-order valence-electron chi connectivity index (χ1n) is 6.55. The van der Waals surface area contributed by atoms with Gasteiger partial charge < -0.3 is 9.64 Å². The number of nitrogens with zero attached hydrogens (tertiary/aromatic N) is 2. The lowest BCUT2D eigenvalue weighted by molar-refractivity contribution is -0.559. The standard InChI is InChI=1S/C11H10F12N2O2/c1-24(2)3-4-26-5(7(13,14)15)6(12)25-8(16,17)10(20,21)27-11(22,23)9(25,18)19/h3-4H2,1-2H3/b6-5-. The Bertz CT molecular complexity index is 560. The highest BCUT2D eigenvalue weighted by Gasteiger charge is 2.84. The highest BCUT2D eigenvalue weighted by atomic mass is 19.4. The fourth-order valence-corrected chi connectivity index (χ4v) is 1.66. The minimum atomic E-state index is -6.64. The molecular formula is C11H10F12N2O2. The molecular weight excluding hydrogens is 420 g/mol. The van der Waals surface area contributed by atoms with Crippen LogP contribution in [0.2, 0.25) is 0 Å². The summed E-state index contributed by atoms with van der Waals surface area (Å²) in [5.74, 6) is -7.10. The summed E-state index contributed by atoms with van der Waals surface area (Å²) in [5, 5.41) is 0. The van der Waals surface area contributed by atoms with Crippen LogP contribution in [0.5, 0.6) is 0 Å². The first-order valence-corrected chi connectivity index (χ1v) is 6.55. The van der Waals surface area contributed by atoms with Gasteiger partial charge in [0.05, 0.1) is 0 Å². The molecule has 0 N–H and O–H groups in total. The molecule has 160 valence electrons. The van der Waals surface area contributed by atoms with E-state index in [2.05, 4.69) is 4.74 Å². The molecule has 0 spiro atoms. The van der Waals surface area contributed by atoms with Crippen molar-refractivity contribution in [3.63, 3.8) is 0 Å². The molecule has 1 aliphatic rings. The van der Waals surface area contributed by atoms with Crippen LogP contribution in [0.1, 0.15) is 0 Å². The molecule has 0 atom stereocenters. The molecule has 0 unspecified atom stereocenters. The van der Waals surface area contributed by atoms with E-state index in [1.165, 1.54) is 14.1 Å². The van der Waals surface area contributed by atoms with Crippen molar-refractivity contribution in [1.29, 1.82) is 0 Å². The molecule has 0 aliphatic carbocycles. The largest absolute Gasteiger partial charge is 0.484 e. The summed E-state index contributed by atoms with van der Waals surface area (Å²) in [5.41, 5.74) is 0. The van der Waals surface area contributed by atoms with Crippen LogP contribution >= 0.6 is 0 Å². The molecule has 1 fully saturated rings. The lowest BCUT2D eigenvalue weighted by atomic mass is 10.2. The van der Waals surface area contributed by atoms with Crippen LogP contribution in [0.3, 0.4) is 0 Å². The average molecular weight is 430 g/mol. The lowest BCUT2D eigenvalue weighted by Crippen LogP contribution is -2.73. The van der Waals surface area contributed by atoms with Crippen LogP contribution in [0, 0.1) is 0 Å². The molecule has 1 aliphatic heterocycles. The number of rotatable bonds is 5. The van der Waals surface area contributed by atoms with Crippen LogP contribution in [0.15, 0.2) is 11.7 Å². The quantitative estimate of drug-likeness (QED) is 0.375. The summed E-state index contributed by atoms with van der Waals surface area (Å²) in [4.78, 5) is -1.87. The maximum Gasteiger partial charge on any atom is 0.453 e. The molecule has 1 heterocycles. The Hall–Kier alpha value is -1.58. The van der Waals surface area contributed by atoms with Gasteiger partial charge in [0.1, 0.15) is 6.61 Å². The van der Waals surface area contributed by atoms with Crippen molar-refractivity contribution in [3.05, 3.63) is 11.7 Å². The number of halogens is 12. The van der Waals surface area contributed by atoms with Gasteiger partial charge in [-0.25, -0.2) is 9.64 Å². The Morgan fingerprint density at radius 3 is 1.67 bits per heavy atom. The molecule has 27 heavy (non-hydrogen) atoms. The fraction of sp³-hybridized carbons (Fsp3) is 0.818. The van der Waals surface area contributed by atoms with Gasteiger partial charge in [0.25, 0.3) is 5.76 Å². The van der Waals surface area contributed by atoms with Crippen molar-refractivity contribution in [2.24, 2.45) is 0 Å². The maximum atomic E-state index is 13.9. The third kappa shape index (κ3) is 4.14. The molecule has 0 aromatic carbocycles. The Morgan fingerprint density at radius 2 is 1.33 bits per heavy atom. The maximum absolute atomic E-state index is 13.9. The third-order valence-corrected chi connectivity index (χ3v) is 2.94. The molecule has 0 aromatic rings. The van der Waals surface area contributed by atoms with Crippen molar-refractivity contribution in [1.82, 2.24) is 9.80 Å². The smallest absolute Gasteiger partial charge is 0.453 e. The van der Waals surface area contributed by atoms with Crippen molar-refractivity contribution in [2.75, 3.05) is 27.2 Å². The predicted octanol–water partition coefficient (Wildman–Crippen LogP) is 3.97. The predicted molar refractivity (Wildman–Crippen MR) is 61.4 cm³/mol. The summed E-state index contributed by atoms with van der Waals surface area (Å²) in [7, 11) is 2.53. The number of hydrogen-bond donors (Lipinski definition) is 0. The van der Waals surface area contributed by atoms with Gasteiger partial charge in [-0.3, -0.25) is 0 Å². The fourth-order valence-electron chi connectivity index (χ4n) is 1.66. The average Bonchev–Trinajstić information content (AvgIpc) is 2.38. The van der Waals surface area contributed by atoms with Gasteiger partial charge in [0.2, 0.25) is 5.95 Å². The Kier molecular flexibility index (Phi) is 5.90. The van der Waals surface area contributed by atoms with Crippen LogP contribution in [-0.2, 0) is 9.47 Å². The Morgan fingerprint density at radius 1 is 0.926 bits per heavy atom. The molecule has 0 saturated carbocycles. The lowest BCUT2D eigenvalue weighted by Gasteiger charge is -2.47. The number of hydrogen-bond acceptors (Lipinski definition) is 4. The summed E-state index contributed by atoms with van der Waals surface area (Å²) in [6, 6.07) is -13.3. The van der Waals surface area contributed by atoms with E-state index in [4.69, 9.17) is 0 Å². The molecule has 16 heteroatoms. The first-order chi connectivity index (χ1) is 11.8. The van der Waals surface area contributed by atoms with Crippen molar-refractivity contribution in [3.8, 4) is 0 Å². The summed E-state index contributed by atoms with van der Waals surface area (Å²) < 4.78 is 164. The van der Waals surface area contributed by atoms with Gasteiger partial charge in [0, 0.05) is 6.54 Å². The molecule has 1 saturated heterocycles. The second kappa shape index (κ2) is 6.79. The normalized spacial score (nSPS) is 24.6. The van der Waals surface area contributed by atoms with E-state index in [1.54, 1.807) is 0 Å². The molecule has 0 aromatic heterocycles. The minimum absolute atomic E-state index is 0.435. The zero-order valence-electron chi connectivity index (χ0n) is 13.2. The Labute approximate surface area is 142 Å². The van der Waals surface area contributed by atoms with E-state index >= 15 is 0 Å². The topological polar surface area (TPSA) is 24.9 Å². The van der Waals surface area contributed by atoms with Gasteiger partial charge in [-0.05, 0) is 14.1 Å². The van der Waals surface area contributed by atoms with Gasteiger partial charge in [-0.2, -0.15) is 52.7 Å². The Balaban J connectivity index is 3.57. The number of allylic oxidation sites excluding steroid dienone is 1. The van der Waals surface area contributed by atoms with Crippen LogP contribution in [-0.4, -0.2) is 67.5 Å². The molecule has 4 nitrogen and oxygen atoms in total.